The third-order valence-electron chi connectivity index (χ3n) is 13.9. The van der Waals surface area contributed by atoms with Crippen LogP contribution in [0.15, 0.2) is 48.6 Å². The van der Waals surface area contributed by atoms with Crippen molar-refractivity contribution in [3.05, 3.63) is 48.6 Å². The van der Waals surface area contributed by atoms with Gasteiger partial charge in [0, 0.05) is 6.42 Å². The minimum atomic E-state index is -0.662. The zero-order valence-corrected chi connectivity index (χ0v) is 44.7. The number of unbranched alkanes of at least 4 members (excludes halogenated alkanes) is 40. The van der Waals surface area contributed by atoms with Crippen molar-refractivity contribution < 1.29 is 15.0 Å². The van der Waals surface area contributed by atoms with Crippen molar-refractivity contribution in [1.29, 1.82) is 0 Å². The normalized spacial score (nSPS) is 13.1. The van der Waals surface area contributed by atoms with E-state index in [9.17, 15) is 15.0 Å². The van der Waals surface area contributed by atoms with E-state index in [-0.39, 0.29) is 12.5 Å². The summed E-state index contributed by atoms with van der Waals surface area (Å²) in [6.45, 7) is 4.28. The molecule has 0 rings (SSSR count). The van der Waals surface area contributed by atoms with E-state index in [0.29, 0.717) is 12.8 Å². The number of amides is 1. The summed E-state index contributed by atoms with van der Waals surface area (Å²) in [6, 6.07) is -0.539. The number of aliphatic hydroxyl groups excluding tert-OH is 2. The van der Waals surface area contributed by atoms with Crippen LogP contribution in [0.5, 0.6) is 0 Å². The maximum absolute atomic E-state index is 12.5. The molecule has 0 radical (unpaired) electrons. The first kappa shape index (κ1) is 64.3. The summed E-state index contributed by atoms with van der Waals surface area (Å²) in [4.78, 5) is 12.5. The molecule has 0 saturated heterocycles. The summed E-state index contributed by atoms with van der Waals surface area (Å²) < 4.78 is 0. The average molecular weight is 925 g/mol. The van der Waals surface area contributed by atoms with Crippen LogP contribution < -0.4 is 5.32 Å². The Kier molecular flexibility index (Phi) is 56.2. The molecule has 4 nitrogen and oxygen atoms in total. The van der Waals surface area contributed by atoms with Gasteiger partial charge in [0.2, 0.25) is 5.91 Å². The number of rotatable bonds is 55. The third kappa shape index (κ3) is 53.3. The lowest BCUT2D eigenvalue weighted by Gasteiger charge is -2.22. The van der Waals surface area contributed by atoms with E-state index in [1.165, 1.54) is 244 Å². The highest BCUT2D eigenvalue weighted by Gasteiger charge is 2.20. The summed E-state index contributed by atoms with van der Waals surface area (Å²) in [5.41, 5.74) is 0. The van der Waals surface area contributed by atoms with Gasteiger partial charge in [-0.1, -0.05) is 313 Å². The van der Waals surface area contributed by atoms with E-state index in [4.69, 9.17) is 0 Å². The van der Waals surface area contributed by atoms with Crippen LogP contribution in [0.25, 0.3) is 0 Å². The van der Waals surface area contributed by atoms with Crippen LogP contribution in [-0.4, -0.2) is 34.9 Å². The Hall–Kier alpha value is -1.65. The summed E-state index contributed by atoms with van der Waals surface area (Å²) in [5.74, 6) is -0.0285. The van der Waals surface area contributed by atoms with Crippen molar-refractivity contribution in [2.24, 2.45) is 0 Å². The van der Waals surface area contributed by atoms with Crippen LogP contribution in [-0.2, 0) is 4.79 Å². The lowest BCUT2D eigenvalue weighted by molar-refractivity contribution is -0.123. The Balaban J connectivity index is 3.44. The maximum Gasteiger partial charge on any atom is 0.220 e. The monoisotopic (exact) mass is 924 g/mol. The van der Waals surface area contributed by atoms with E-state index < -0.39 is 12.1 Å². The van der Waals surface area contributed by atoms with Crippen molar-refractivity contribution in [3.8, 4) is 0 Å². The predicted octanol–water partition coefficient (Wildman–Crippen LogP) is 19.8. The van der Waals surface area contributed by atoms with Crippen molar-refractivity contribution in [2.45, 2.75) is 334 Å². The Morgan fingerprint density at radius 1 is 0.379 bits per heavy atom. The van der Waals surface area contributed by atoms with Crippen molar-refractivity contribution in [3.63, 3.8) is 0 Å². The van der Waals surface area contributed by atoms with Gasteiger partial charge in [-0.25, -0.2) is 0 Å². The standard InChI is InChI=1S/C62H117NO3/c1-3-5-7-9-11-13-15-17-19-21-23-25-27-29-31-33-35-37-39-41-43-45-47-49-51-53-55-57-61(65)60(59-64)63-62(66)58-56-54-52-50-48-46-44-42-40-38-36-34-32-30-28-26-24-22-20-18-16-14-12-10-8-6-4-2/h6,8,12,14,18,20,24,26,60-61,64-65H,3-5,7,9-11,13,15-17,19,21-23,25,27-59H2,1-2H3,(H,63,66)/b8-6-,14-12-,20-18-,26-24-. The Bertz CT molecular complexity index is 1050. The lowest BCUT2D eigenvalue weighted by atomic mass is 10.0. The highest BCUT2D eigenvalue weighted by atomic mass is 16.3. The van der Waals surface area contributed by atoms with Crippen LogP contribution in [0, 0.1) is 0 Å². The lowest BCUT2D eigenvalue weighted by Crippen LogP contribution is -2.45. The highest BCUT2D eigenvalue weighted by Crippen LogP contribution is 2.18. The predicted molar refractivity (Wildman–Crippen MR) is 295 cm³/mol. The molecule has 4 heteroatoms. The second-order valence-electron chi connectivity index (χ2n) is 20.4. The number of allylic oxidation sites excluding steroid dienone is 8. The molecule has 0 aliphatic carbocycles. The number of aliphatic hydroxyl groups is 2. The molecule has 0 heterocycles. The quantitative estimate of drug-likeness (QED) is 0.0420. The molecule has 0 aromatic heterocycles. The van der Waals surface area contributed by atoms with Gasteiger partial charge in [-0.2, -0.15) is 0 Å². The largest absolute Gasteiger partial charge is 0.394 e. The number of hydrogen-bond donors (Lipinski definition) is 3. The Labute approximate surface area is 414 Å². The van der Waals surface area contributed by atoms with Crippen molar-refractivity contribution in [2.75, 3.05) is 6.61 Å². The topological polar surface area (TPSA) is 69.6 Å². The molecule has 0 aliphatic rings. The summed E-state index contributed by atoms with van der Waals surface area (Å²) in [7, 11) is 0. The maximum atomic E-state index is 12.5. The average Bonchev–Trinajstić information content (AvgIpc) is 3.32. The van der Waals surface area contributed by atoms with Crippen molar-refractivity contribution >= 4 is 5.91 Å². The van der Waals surface area contributed by atoms with Gasteiger partial charge < -0.3 is 15.5 Å². The number of carbonyl (C=O) groups excluding carboxylic acids is 1. The van der Waals surface area contributed by atoms with Crippen LogP contribution in [0.1, 0.15) is 322 Å². The minimum Gasteiger partial charge on any atom is -0.394 e. The molecule has 66 heavy (non-hydrogen) atoms. The smallest absolute Gasteiger partial charge is 0.220 e. The molecule has 0 fully saturated rings. The summed E-state index contributed by atoms with van der Waals surface area (Å²) >= 11 is 0. The fraction of sp³-hybridized carbons (Fsp3) is 0.855. The van der Waals surface area contributed by atoms with E-state index in [1.807, 2.05) is 0 Å². The molecule has 0 bridgehead atoms. The van der Waals surface area contributed by atoms with E-state index in [1.54, 1.807) is 0 Å². The van der Waals surface area contributed by atoms with Gasteiger partial charge in [-0.05, 0) is 51.4 Å². The van der Waals surface area contributed by atoms with Crippen LogP contribution in [0.3, 0.4) is 0 Å². The van der Waals surface area contributed by atoms with Gasteiger partial charge in [0.15, 0.2) is 0 Å². The molecule has 388 valence electrons. The van der Waals surface area contributed by atoms with Gasteiger partial charge in [0.1, 0.15) is 0 Å². The summed E-state index contributed by atoms with van der Waals surface area (Å²) in [6.07, 6.45) is 79.7. The van der Waals surface area contributed by atoms with Gasteiger partial charge >= 0.3 is 0 Å². The van der Waals surface area contributed by atoms with Crippen LogP contribution >= 0.6 is 0 Å². The Morgan fingerprint density at radius 2 is 0.667 bits per heavy atom. The first-order chi connectivity index (χ1) is 32.7. The summed E-state index contributed by atoms with van der Waals surface area (Å²) in [5, 5.41) is 23.4. The van der Waals surface area contributed by atoms with Crippen molar-refractivity contribution in [1.82, 2.24) is 5.32 Å². The fourth-order valence-electron chi connectivity index (χ4n) is 9.36. The zero-order chi connectivity index (χ0) is 47.7. The molecule has 2 atom stereocenters. The number of nitrogens with one attached hydrogen (secondary N) is 1. The molecule has 0 aliphatic heterocycles. The second kappa shape index (κ2) is 57.7. The molecular formula is C62H117NO3. The van der Waals surface area contributed by atoms with Crippen LogP contribution in [0.4, 0.5) is 0 Å². The minimum absolute atomic E-state index is 0.0285. The van der Waals surface area contributed by atoms with E-state index in [2.05, 4.69) is 67.8 Å². The van der Waals surface area contributed by atoms with Gasteiger partial charge in [0.25, 0.3) is 0 Å². The fourth-order valence-corrected chi connectivity index (χ4v) is 9.36. The molecule has 0 aromatic rings. The van der Waals surface area contributed by atoms with E-state index in [0.717, 1.165) is 51.4 Å². The molecule has 0 saturated carbocycles. The molecule has 0 spiro atoms. The van der Waals surface area contributed by atoms with Gasteiger partial charge in [-0.3, -0.25) is 4.79 Å². The van der Waals surface area contributed by atoms with Gasteiger partial charge in [0.05, 0.1) is 18.8 Å². The van der Waals surface area contributed by atoms with E-state index >= 15 is 0 Å². The SMILES string of the molecule is CC/C=C\C/C=C\C/C=C\C/C=C\CCCCCCCCCCCCCCCCC(=O)NC(CO)C(O)CCCCCCCCCCCCCCCCCCCCCCCCCCCCC. The first-order valence-electron chi connectivity index (χ1n) is 29.8. The number of carbonyl (C=O) groups is 1. The molecular weight excluding hydrogens is 807 g/mol. The second-order valence-corrected chi connectivity index (χ2v) is 20.4. The third-order valence-corrected chi connectivity index (χ3v) is 13.9. The highest BCUT2D eigenvalue weighted by molar-refractivity contribution is 5.76. The Morgan fingerprint density at radius 3 is 1.00 bits per heavy atom. The zero-order valence-electron chi connectivity index (χ0n) is 44.7. The van der Waals surface area contributed by atoms with Gasteiger partial charge in [-0.15, -0.1) is 0 Å². The number of hydrogen-bond acceptors (Lipinski definition) is 3. The molecule has 1 amide bonds. The molecule has 0 aromatic carbocycles. The first-order valence-corrected chi connectivity index (χ1v) is 29.8. The van der Waals surface area contributed by atoms with Crippen LogP contribution in [0.2, 0.25) is 0 Å². The molecule has 2 unspecified atom stereocenters. The molecule has 3 N–H and O–H groups in total.